The van der Waals surface area contributed by atoms with Crippen molar-refractivity contribution in [3.63, 3.8) is 0 Å². The number of carbonyl (C=O) groups is 1. The Labute approximate surface area is 255 Å². The number of aromatic hydroxyl groups is 2. The van der Waals surface area contributed by atoms with E-state index in [4.69, 9.17) is 4.74 Å². The van der Waals surface area contributed by atoms with Gasteiger partial charge in [-0.2, -0.15) is 0 Å². The fourth-order valence-electron chi connectivity index (χ4n) is 5.63. The van der Waals surface area contributed by atoms with Crippen LogP contribution < -0.4 is 37.2 Å². The first kappa shape index (κ1) is 33.1. The lowest BCUT2D eigenvalue weighted by molar-refractivity contribution is 0.0470. The van der Waals surface area contributed by atoms with Crippen LogP contribution in [0.2, 0.25) is 0 Å². The van der Waals surface area contributed by atoms with E-state index in [2.05, 4.69) is 56.2 Å². The van der Waals surface area contributed by atoms with Gasteiger partial charge in [0.25, 0.3) is 0 Å². The predicted molar refractivity (Wildman–Crippen MR) is 169 cm³/mol. The summed E-state index contributed by atoms with van der Waals surface area (Å²) in [5, 5.41) is 45.4. The third kappa shape index (κ3) is 10.1. The second-order valence-corrected chi connectivity index (χ2v) is 11.9. The van der Waals surface area contributed by atoms with Gasteiger partial charge in [-0.3, -0.25) is 0 Å². The molecular weight excluding hydrogens is 548 g/mol. The molecular formula is C31H50N8O4. The van der Waals surface area contributed by atoms with Crippen molar-refractivity contribution in [2.24, 2.45) is 0 Å². The molecule has 2 aromatic rings. The highest BCUT2D eigenvalue weighted by Crippen LogP contribution is 2.23. The zero-order valence-electron chi connectivity index (χ0n) is 25.6. The number of benzene rings is 2. The SMILES string of the molecule is CNC12CNCCNCC(NCc3ccc(C(=O)OCc4cc(O)ccc4O)cc3)(CNCCNC1)CNCCN(C)C2. The van der Waals surface area contributed by atoms with Crippen molar-refractivity contribution in [3.05, 3.63) is 59.2 Å². The number of phenolic OH excluding ortho intramolecular Hbond substituents is 2. The molecule has 12 heteroatoms. The van der Waals surface area contributed by atoms with Gasteiger partial charge in [0.05, 0.1) is 16.6 Å². The number of likely N-dealkylation sites (N-methyl/N-ethyl adjacent to an activating group) is 2. The molecule has 3 saturated heterocycles. The first-order chi connectivity index (χ1) is 20.8. The molecule has 0 amide bonds. The molecule has 9 N–H and O–H groups in total. The number of nitrogens with zero attached hydrogens (tertiary/aromatic N) is 1. The highest BCUT2D eigenvalue weighted by atomic mass is 16.5. The Hall–Kier alpha value is -2.81. The van der Waals surface area contributed by atoms with Gasteiger partial charge in [0, 0.05) is 90.6 Å². The molecule has 3 aliphatic heterocycles. The summed E-state index contributed by atoms with van der Waals surface area (Å²) >= 11 is 0. The number of fused-ring (bicyclic) bond motifs is 15. The summed E-state index contributed by atoms with van der Waals surface area (Å²) in [6, 6.07) is 11.5. The van der Waals surface area contributed by atoms with Crippen LogP contribution in [0.1, 0.15) is 21.5 Å². The maximum absolute atomic E-state index is 12.6. The Morgan fingerprint density at radius 1 is 0.860 bits per heavy atom. The van der Waals surface area contributed by atoms with Gasteiger partial charge in [0.1, 0.15) is 18.1 Å². The highest BCUT2D eigenvalue weighted by Gasteiger charge is 2.32. The second kappa shape index (κ2) is 16.3. The van der Waals surface area contributed by atoms with Gasteiger partial charge in [-0.1, -0.05) is 12.1 Å². The van der Waals surface area contributed by atoms with E-state index in [-0.39, 0.29) is 29.2 Å². The third-order valence-corrected chi connectivity index (χ3v) is 8.33. The number of phenols is 2. The quantitative estimate of drug-likeness (QED) is 0.144. The van der Waals surface area contributed by atoms with Crippen molar-refractivity contribution >= 4 is 5.97 Å². The highest BCUT2D eigenvalue weighted by molar-refractivity contribution is 5.89. The van der Waals surface area contributed by atoms with E-state index in [1.54, 1.807) is 12.1 Å². The van der Waals surface area contributed by atoms with Gasteiger partial charge in [-0.25, -0.2) is 4.79 Å². The van der Waals surface area contributed by atoms with Crippen molar-refractivity contribution in [2.75, 3.05) is 92.6 Å². The minimum atomic E-state index is -0.491. The topological polar surface area (TPSA) is 154 Å². The Morgan fingerprint density at radius 3 is 2.05 bits per heavy atom. The maximum Gasteiger partial charge on any atom is 0.338 e. The van der Waals surface area contributed by atoms with Gasteiger partial charge in [0.15, 0.2) is 0 Å². The summed E-state index contributed by atoms with van der Waals surface area (Å²) in [6.45, 7) is 10.9. The molecule has 43 heavy (non-hydrogen) atoms. The molecule has 0 unspecified atom stereocenters. The molecule has 0 saturated carbocycles. The van der Waals surface area contributed by atoms with E-state index in [0.29, 0.717) is 17.7 Å². The first-order valence-electron chi connectivity index (χ1n) is 15.3. The van der Waals surface area contributed by atoms with E-state index in [9.17, 15) is 15.0 Å². The van der Waals surface area contributed by atoms with Crippen LogP contribution in [0.4, 0.5) is 0 Å². The lowest BCUT2D eigenvalue weighted by atomic mass is 9.96. The van der Waals surface area contributed by atoms with Crippen LogP contribution >= 0.6 is 0 Å². The van der Waals surface area contributed by atoms with Crippen molar-refractivity contribution in [1.82, 2.24) is 42.1 Å². The van der Waals surface area contributed by atoms with Crippen LogP contribution in [-0.4, -0.2) is 125 Å². The zero-order chi connectivity index (χ0) is 30.5. The zero-order valence-corrected chi connectivity index (χ0v) is 25.6. The first-order valence-corrected chi connectivity index (χ1v) is 15.3. The molecule has 12 nitrogen and oxygen atoms in total. The van der Waals surface area contributed by atoms with E-state index < -0.39 is 5.97 Å². The molecule has 0 aromatic heterocycles. The van der Waals surface area contributed by atoms with E-state index in [0.717, 1.165) is 84.1 Å². The molecule has 0 atom stereocenters. The fraction of sp³-hybridized carbons (Fsp3) is 0.581. The lowest BCUT2D eigenvalue weighted by Gasteiger charge is -2.40. The number of carbonyl (C=O) groups excluding carboxylic acids is 1. The summed E-state index contributed by atoms with van der Waals surface area (Å²) in [4.78, 5) is 15.0. The summed E-state index contributed by atoms with van der Waals surface area (Å²) < 4.78 is 5.36. The number of esters is 1. The van der Waals surface area contributed by atoms with Crippen LogP contribution in [-0.2, 0) is 17.9 Å². The van der Waals surface area contributed by atoms with Crippen molar-refractivity contribution in [3.8, 4) is 11.5 Å². The van der Waals surface area contributed by atoms with Gasteiger partial charge in [-0.15, -0.1) is 0 Å². The third-order valence-electron chi connectivity index (χ3n) is 8.33. The minimum Gasteiger partial charge on any atom is -0.508 e. The second-order valence-electron chi connectivity index (χ2n) is 11.9. The van der Waals surface area contributed by atoms with Gasteiger partial charge < -0.3 is 57.1 Å². The molecule has 0 spiro atoms. The van der Waals surface area contributed by atoms with Gasteiger partial charge >= 0.3 is 5.97 Å². The normalized spacial score (nSPS) is 25.1. The molecule has 2 aromatic carbocycles. The van der Waals surface area contributed by atoms with Crippen molar-refractivity contribution in [2.45, 2.75) is 24.2 Å². The van der Waals surface area contributed by atoms with E-state index in [1.807, 2.05) is 12.1 Å². The van der Waals surface area contributed by atoms with Crippen LogP contribution in [0, 0.1) is 0 Å². The maximum atomic E-state index is 12.6. The Balaban J connectivity index is 1.39. The van der Waals surface area contributed by atoms with Crippen LogP contribution in [0.25, 0.3) is 0 Å². The molecule has 5 rings (SSSR count). The molecule has 3 heterocycles. The average molecular weight is 599 g/mol. The summed E-state index contributed by atoms with van der Waals surface area (Å²) in [5.41, 5.74) is 1.55. The number of nitrogens with one attached hydrogen (secondary N) is 7. The summed E-state index contributed by atoms with van der Waals surface area (Å²) in [6.07, 6.45) is 0. The summed E-state index contributed by atoms with van der Waals surface area (Å²) in [5.74, 6) is -0.521. The molecule has 0 radical (unpaired) electrons. The van der Waals surface area contributed by atoms with Crippen LogP contribution in [0.5, 0.6) is 11.5 Å². The minimum absolute atomic E-state index is 0.00182. The molecule has 3 fully saturated rings. The van der Waals surface area contributed by atoms with E-state index >= 15 is 0 Å². The Bertz CT molecular complexity index is 1130. The van der Waals surface area contributed by atoms with Gasteiger partial charge in [0.2, 0.25) is 0 Å². The van der Waals surface area contributed by atoms with Crippen molar-refractivity contribution in [1.29, 1.82) is 0 Å². The van der Waals surface area contributed by atoms with Crippen LogP contribution in [0.15, 0.2) is 42.5 Å². The number of hydrogen-bond acceptors (Lipinski definition) is 12. The number of rotatable bonds is 7. The Kier molecular flexibility index (Phi) is 12.6. The smallest absolute Gasteiger partial charge is 0.338 e. The van der Waals surface area contributed by atoms with Gasteiger partial charge in [-0.05, 0) is 50.0 Å². The molecule has 3 aliphatic rings. The fourth-order valence-corrected chi connectivity index (χ4v) is 5.63. The number of hydrogen-bond donors (Lipinski definition) is 9. The largest absolute Gasteiger partial charge is 0.508 e. The van der Waals surface area contributed by atoms with Crippen molar-refractivity contribution < 1.29 is 19.7 Å². The van der Waals surface area contributed by atoms with E-state index in [1.165, 1.54) is 18.2 Å². The average Bonchev–Trinajstić information content (AvgIpc) is 3.01. The molecule has 238 valence electrons. The monoisotopic (exact) mass is 598 g/mol. The predicted octanol–water partition coefficient (Wildman–Crippen LogP) is -0.852. The summed E-state index contributed by atoms with van der Waals surface area (Å²) in [7, 11) is 4.25. The van der Waals surface area contributed by atoms with Crippen LogP contribution in [0.3, 0.4) is 0 Å². The molecule has 0 aliphatic carbocycles. The Morgan fingerprint density at radius 2 is 1.44 bits per heavy atom. The molecule has 2 bridgehead atoms. The lowest BCUT2D eigenvalue weighted by Crippen LogP contribution is -2.66. The standard InChI is InChI=1S/C31H50N8O4/c1-32-31-21-35-11-9-33-18-30(19-34-10-12-36-22-31,20-37-13-14-39(2)23-31)38-16-24-3-5-25(6-4-24)29(42)43-17-26-15-27(40)7-8-28(26)41/h3-8,15,32-38,40-41H,9-14,16-23H2,1-2H3. The number of ether oxygens (including phenoxy) is 1.